The topological polar surface area (TPSA) is 69.6 Å². The molecule has 0 aliphatic heterocycles. The molecule has 0 unspecified atom stereocenters. The van der Waals surface area contributed by atoms with Crippen LogP contribution in [0.4, 0.5) is 4.79 Å². The lowest BCUT2D eigenvalue weighted by Gasteiger charge is -2.39. The Morgan fingerprint density at radius 2 is 2.06 bits per heavy atom. The number of aliphatic carboxylic acids is 1. The summed E-state index contributed by atoms with van der Waals surface area (Å²) >= 11 is 0. The second-order valence-electron chi connectivity index (χ2n) is 4.64. The summed E-state index contributed by atoms with van der Waals surface area (Å²) < 4.78 is 0. The largest absolute Gasteiger partial charge is 0.480 e. The van der Waals surface area contributed by atoms with Gasteiger partial charge in [-0.15, -0.1) is 0 Å². The van der Waals surface area contributed by atoms with E-state index >= 15 is 0 Å². The molecule has 0 heterocycles. The minimum atomic E-state index is -1.04. The summed E-state index contributed by atoms with van der Waals surface area (Å²) in [5.41, 5.74) is -0.167. The summed E-state index contributed by atoms with van der Waals surface area (Å²) in [6, 6.07) is -0.322. The van der Waals surface area contributed by atoms with Crippen molar-refractivity contribution >= 4 is 12.0 Å². The van der Waals surface area contributed by atoms with Crippen LogP contribution in [0.15, 0.2) is 12.2 Å². The van der Waals surface area contributed by atoms with Crippen LogP contribution in [0.25, 0.3) is 0 Å². The molecule has 1 aliphatic carbocycles. The Kier molecular flexibility index (Phi) is 4.15. The number of carboxylic acids is 1. The number of rotatable bonds is 5. The standard InChI is InChI=1S/C12H20N2O3/c1-4-14(8-9(2)3)11(17)13-12(10(15)16)6-5-7-12/h2,4-8H2,1,3H3,(H,13,17)(H,15,16). The fourth-order valence-electron chi connectivity index (χ4n) is 1.86. The smallest absolute Gasteiger partial charge is 0.329 e. The Hall–Kier alpha value is -1.52. The van der Waals surface area contributed by atoms with Gasteiger partial charge in [0, 0.05) is 13.1 Å². The Bertz CT molecular complexity index is 335. The Balaban J connectivity index is 2.63. The number of hydrogen-bond donors (Lipinski definition) is 2. The van der Waals surface area contributed by atoms with Crippen LogP contribution in [0.5, 0.6) is 0 Å². The molecule has 0 aromatic rings. The SMILES string of the molecule is C=C(C)CN(CC)C(=O)NC1(C(=O)O)CCC1. The molecule has 1 saturated carbocycles. The summed E-state index contributed by atoms with van der Waals surface area (Å²) in [6.45, 7) is 8.44. The lowest BCUT2D eigenvalue weighted by atomic mass is 9.77. The zero-order chi connectivity index (χ0) is 13.1. The summed E-state index contributed by atoms with van der Waals surface area (Å²) in [6.07, 6.45) is 1.87. The average Bonchev–Trinajstić information content (AvgIpc) is 2.18. The quantitative estimate of drug-likeness (QED) is 0.717. The molecule has 0 saturated heterocycles. The molecule has 5 nitrogen and oxygen atoms in total. The van der Waals surface area contributed by atoms with Crippen LogP contribution in [0.1, 0.15) is 33.1 Å². The molecule has 17 heavy (non-hydrogen) atoms. The third kappa shape index (κ3) is 2.99. The van der Waals surface area contributed by atoms with Crippen LogP contribution < -0.4 is 5.32 Å². The van der Waals surface area contributed by atoms with Crippen LogP contribution >= 0.6 is 0 Å². The van der Waals surface area contributed by atoms with Gasteiger partial charge in [0.1, 0.15) is 5.54 Å². The van der Waals surface area contributed by atoms with Crippen molar-refractivity contribution in [1.29, 1.82) is 0 Å². The van der Waals surface area contributed by atoms with Crippen molar-refractivity contribution < 1.29 is 14.7 Å². The number of hydrogen-bond acceptors (Lipinski definition) is 2. The number of likely N-dealkylation sites (N-methyl/N-ethyl adjacent to an activating group) is 1. The van der Waals surface area contributed by atoms with Gasteiger partial charge < -0.3 is 15.3 Å². The lowest BCUT2D eigenvalue weighted by molar-refractivity contribution is -0.148. The van der Waals surface area contributed by atoms with E-state index < -0.39 is 11.5 Å². The summed E-state index contributed by atoms with van der Waals surface area (Å²) in [4.78, 5) is 24.6. The predicted molar refractivity (Wildman–Crippen MR) is 64.8 cm³/mol. The van der Waals surface area contributed by atoms with Crippen molar-refractivity contribution in [2.75, 3.05) is 13.1 Å². The van der Waals surface area contributed by atoms with E-state index in [0.717, 1.165) is 12.0 Å². The predicted octanol–water partition coefficient (Wildman–Crippen LogP) is 1.60. The van der Waals surface area contributed by atoms with Crippen molar-refractivity contribution in [2.24, 2.45) is 0 Å². The van der Waals surface area contributed by atoms with E-state index in [1.165, 1.54) is 0 Å². The number of urea groups is 1. The molecule has 1 aliphatic rings. The molecule has 0 bridgehead atoms. The van der Waals surface area contributed by atoms with E-state index in [1.807, 2.05) is 13.8 Å². The minimum Gasteiger partial charge on any atom is -0.480 e. The molecule has 0 radical (unpaired) electrons. The molecule has 2 amide bonds. The van der Waals surface area contributed by atoms with Crippen LogP contribution in [0.3, 0.4) is 0 Å². The molecule has 0 spiro atoms. The first-order valence-electron chi connectivity index (χ1n) is 5.86. The summed E-state index contributed by atoms with van der Waals surface area (Å²) in [5.74, 6) is -0.941. The van der Waals surface area contributed by atoms with Gasteiger partial charge in [0.05, 0.1) is 0 Å². The van der Waals surface area contributed by atoms with Gasteiger partial charge in [-0.3, -0.25) is 0 Å². The van der Waals surface area contributed by atoms with E-state index in [9.17, 15) is 9.59 Å². The Morgan fingerprint density at radius 3 is 2.35 bits per heavy atom. The molecular formula is C12H20N2O3. The van der Waals surface area contributed by atoms with Gasteiger partial charge >= 0.3 is 12.0 Å². The first kappa shape index (κ1) is 13.5. The molecule has 1 rings (SSSR count). The highest BCUT2D eigenvalue weighted by molar-refractivity contribution is 5.87. The van der Waals surface area contributed by atoms with E-state index in [-0.39, 0.29) is 6.03 Å². The van der Waals surface area contributed by atoms with E-state index in [0.29, 0.717) is 25.9 Å². The Labute approximate surface area is 101 Å². The second-order valence-corrected chi connectivity index (χ2v) is 4.64. The van der Waals surface area contributed by atoms with Crippen molar-refractivity contribution in [2.45, 2.75) is 38.6 Å². The average molecular weight is 240 g/mol. The zero-order valence-electron chi connectivity index (χ0n) is 10.5. The lowest BCUT2D eigenvalue weighted by Crippen LogP contribution is -2.61. The monoisotopic (exact) mass is 240 g/mol. The minimum absolute atomic E-state index is 0.322. The van der Waals surface area contributed by atoms with Crippen molar-refractivity contribution in [1.82, 2.24) is 10.2 Å². The van der Waals surface area contributed by atoms with Crippen molar-refractivity contribution in [3.63, 3.8) is 0 Å². The van der Waals surface area contributed by atoms with Gasteiger partial charge in [0.25, 0.3) is 0 Å². The fraction of sp³-hybridized carbons (Fsp3) is 0.667. The second kappa shape index (κ2) is 5.21. The third-order valence-electron chi connectivity index (χ3n) is 3.09. The van der Waals surface area contributed by atoms with Crippen molar-refractivity contribution in [3.8, 4) is 0 Å². The number of amides is 2. The molecular weight excluding hydrogens is 220 g/mol. The van der Waals surface area contributed by atoms with Gasteiger partial charge in [-0.1, -0.05) is 12.2 Å². The molecule has 0 atom stereocenters. The van der Waals surface area contributed by atoms with Crippen molar-refractivity contribution in [3.05, 3.63) is 12.2 Å². The highest BCUT2D eigenvalue weighted by Gasteiger charge is 2.46. The molecule has 0 aromatic carbocycles. The maximum Gasteiger partial charge on any atom is 0.329 e. The zero-order valence-corrected chi connectivity index (χ0v) is 10.5. The molecule has 0 aromatic heterocycles. The molecule has 2 N–H and O–H groups in total. The van der Waals surface area contributed by atoms with E-state index in [2.05, 4.69) is 11.9 Å². The number of nitrogens with one attached hydrogen (secondary N) is 1. The first-order valence-corrected chi connectivity index (χ1v) is 5.86. The van der Waals surface area contributed by atoms with E-state index in [1.54, 1.807) is 4.90 Å². The van der Waals surface area contributed by atoms with Crippen LogP contribution in [-0.2, 0) is 4.79 Å². The van der Waals surface area contributed by atoms with E-state index in [4.69, 9.17) is 5.11 Å². The normalized spacial score (nSPS) is 16.8. The van der Waals surface area contributed by atoms with Gasteiger partial charge in [-0.2, -0.15) is 0 Å². The Morgan fingerprint density at radius 1 is 1.47 bits per heavy atom. The summed E-state index contributed by atoms with van der Waals surface area (Å²) in [5, 5.41) is 11.8. The summed E-state index contributed by atoms with van der Waals surface area (Å²) in [7, 11) is 0. The van der Waals surface area contributed by atoms with Crippen LogP contribution in [0, 0.1) is 0 Å². The molecule has 5 heteroatoms. The van der Waals surface area contributed by atoms with Gasteiger partial charge in [0.2, 0.25) is 0 Å². The highest BCUT2D eigenvalue weighted by atomic mass is 16.4. The van der Waals surface area contributed by atoms with Crippen LogP contribution in [0.2, 0.25) is 0 Å². The fourth-order valence-corrected chi connectivity index (χ4v) is 1.86. The maximum absolute atomic E-state index is 11.9. The number of carbonyl (C=O) groups excluding carboxylic acids is 1. The van der Waals surface area contributed by atoms with Crippen LogP contribution in [-0.4, -0.2) is 40.6 Å². The van der Waals surface area contributed by atoms with Gasteiger partial charge in [0.15, 0.2) is 0 Å². The third-order valence-corrected chi connectivity index (χ3v) is 3.09. The van der Waals surface area contributed by atoms with Gasteiger partial charge in [-0.25, -0.2) is 9.59 Å². The number of carboxylic acid groups (broad SMARTS) is 1. The first-order chi connectivity index (χ1) is 7.91. The number of carbonyl (C=O) groups is 2. The molecule has 96 valence electrons. The van der Waals surface area contributed by atoms with Gasteiger partial charge in [-0.05, 0) is 33.1 Å². The highest BCUT2D eigenvalue weighted by Crippen LogP contribution is 2.32. The number of nitrogens with zero attached hydrogens (tertiary/aromatic N) is 1. The maximum atomic E-state index is 11.9. The molecule has 1 fully saturated rings.